The number of aromatic nitrogens is 3. The number of hydrogen-bond donors (Lipinski definition) is 1. The van der Waals surface area contributed by atoms with Crippen molar-refractivity contribution in [1.82, 2.24) is 15.0 Å². The summed E-state index contributed by atoms with van der Waals surface area (Å²) in [6.45, 7) is 2.06. The topological polar surface area (TPSA) is 41.6 Å². The van der Waals surface area contributed by atoms with Crippen molar-refractivity contribution in [3.63, 3.8) is 0 Å². The van der Waals surface area contributed by atoms with Gasteiger partial charge < -0.3 is 4.98 Å². The van der Waals surface area contributed by atoms with Gasteiger partial charge in [-0.3, -0.25) is 4.98 Å². The van der Waals surface area contributed by atoms with Crippen LogP contribution in [-0.4, -0.2) is 15.0 Å². The molecule has 0 unspecified atom stereocenters. The number of pyridine rings is 1. The second kappa shape index (κ2) is 2.54. The number of H-pyrrole nitrogens is 1. The summed E-state index contributed by atoms with van der Waals surface area (Å²) in [5.74, 6) is 0. The molecule has 68 valence electrons. The third-order valence-corrected chi connectivity index (χ3v) is 2.48. The van der Waals surface area contributed by atoms with Gasteiger partial charge in [-0.15, -0.1) is 0 Å². The van der Waals surface area contributed by atoms with Gasteiger partial charge in [-0.05, 0) is 12.5 Å². The number of rotatable bonds is 0. The van der Waals surface area contributed by atoms with E-state index < -0.39 is 0 Å². The minimum absolute atomic E-state index is 0.989. The van der Waals surface area contributed by atoms with Gasteiger partial charge in [0.2, 0.25) is 0 Å². The van der Waals surface area contributed by atoms with Gasteiger partial charge >= 0.3 is 0 Å². The Labute approximate surface area is 80.8 Å². The Morgan fingerprint density at radius 3 is 3.00 bits per heavy atom. The van der Waals surface area contributed by atoms with Crippen molar-refractivity contribution < 1.29 is 0 Å². The lowest BCUT2D eigenvalue weighted by atomic mass is 10.1. The number of hydrogen-bond acceptors (Lipinski definition) is 2. The van der Waals surface area contributed by atoms with Crippen molar-refractivity contribution in [1.29, 1.82) is 0 Å². The lowest BCUT2D eigenvalue weighted by Crippen LogP contribution is -1.84. The average Bonchev–Trinajstić information content (AvgIpc) is 2.66. The lowest BCUT2D eigenvalue weighted by Gasteiger charge is -2.00. The number of benzene rings is 1. The summed E-state index contributed by atoms with van der Waals surface area (Å²) >= 11 is 0. The summed E-state index contributed by atoms with van der Waals surface area (Å²) in [4.78, 5) is 11.8. The van der Waals surface area contributed by atoms with Crippen LogP contribution in [0.5, 0.6) is 0 Å². The molecule has 0 radical (unpaired) electrons. The van der Waals surface area contributed by atoms with Crippen LogP contribution in [0.4, 0.5) is 0 Å². The largest absolute Gasteiger partial charge is 0.343 e. The highest BCUT2D eigenvalue weighted by Gasteiger charge is 2.04. The second-order valence-corrected chi connectivity index (χ2v) is 3.39. The molecule has 2 aromatic heterocycles. The molecular formula is C11H9N3. The summed E-state index contributed by atoms with van der Waals surface area (Å²) in [5.41, 5.74) is 4.21. The summed E-state index contributed by atoms with van der Waals surface area (Å²) in [6.07, 6.45) is 3.53. The molecule has 0 saturated heterocycles. The maximum Gasteiger partial charge on any atom is 0.0992 e. The van der Waals surface area contributed by atoms with Crippen LogP contribution < -0.4 is 0 Å². The zero-order valence-electron chi connectivity index (χ0n) is 7.78. The molecule has 0 saturated carbocycles. The van der Waals surface area contributed by atoms with E-state index >= 15 is 0 Å². The number of aromatic amines is 1. The number of nitrogens with one attached hydrogen (secondary N) is 1. The maximum atomic E-state index is 4.41. The van der Waals surface area contributed by atoms with Crippen molar-refractivity contribution >= 4 is 21.9 Å². The van der Waals surface area contributed by atoms with Gasteiger partial charge in [-0.1, -0.05) is 18.2 Å². The number of imidazole rings is 1. The van der Waals surface area contributed by atoms with Crippen LogP contribution in [0, 0.1) is 6.92 Å². The lowest BCUT2D eigenvalue weighted by molar-refractivity contribution is 1.34. The Hall–Kier alpha value is -1.90. The molecular weight excluding hydrogens is 174 g/mol. The number of para-hydroxylation sites is 1. The minimum Gasteiger partial charge on any atom is -0.343 e. The number of nitrogens with zero attached hydrogens (tertiary/aromatic N) is 2. The summed E-state index contributed by atoms with van der Waals surface area (Å²) < 4.78 is 0. The molecule has 0 atom stereocenters. The smallest absolute Gasteiger partial charge is 0.0992 e. The van der Waals surface area contributed by atoms with E-state index in [-0.39, 0.29) is 0 Å². The fraction of sp³-hybridized carbons (Fsp3) is 0.0909. The SMILES string of the molecule is Cc1cccc2c1ncc1[nH]cnc12. The van der Waals surface area contributed by atoms with Crippen molar-refractivity contribution in [3.05, 3.63) is 36.3 Å². The van der Waals surface area contributed by atoms with Crippen LogP contribution in [0.25, 0.3) is 21.9 Å². The summed E-state index contributed by atoms with van der Waals surface area (Å²) in [7, 11) is 0. The van der Waals surface area contributed by atoms with Crippen LogP contribution in [0.2, 0.25) is 0 Å². The number of aryl methyl sites for hydroxylation is 1. The molecule has 3 aromatic rings. The van der Waals surface area contributed by atoms with Crippen LogP contribution >= 0.6 is 0 Å². The first-order chi connectivity index (χ1) is 6.86. The maximum absolute atomic E-state index is 4.41. The van der Waals surface area contributed by atoms with Crippen molar-refractivity contribution in [2.45, 2.75) is 6.92 Å². The molecule has 0 bridgehead atoms. The third kappa shape index (κ3) is 0.865. The molecule has 1 aromatic carbocycles. The predicted octanol–water partition coefficient (Wildman–Crippen LogP) is 2.42. The summed E-state index contributed by atoms with van der Waals surface area (Å²) in [6, 6.07) is 6.15. The molecule has 3 rings (SSSR count). The Kier molecular flexibility index (Phi) is 1.36. The molecule has 0 aliphatic carbocycles. The van der Waals surface area contributed by atoms with Gasteiger partial charge in [0.15, 0.2) is 0 Å². The minimum atomic E-state index is 0.989. The molecule has 3 nitrogen and oxygen atoms in total. The van der Waals surface area contributed by atoms with E-state index in [1.807, 2.05) is 12.3 Å². The zero-order chi connectivity index (χ0) is 9.54. The first kappa shape index (κ1) is 7.50. The molecule has 14 heavy (non-hydrogen) atoms. The molecule has 0 amide bonds. The van der Waals surface area contributed by atoms with Crippen LogP contribution in [0.1, 0.15) is 5.56 Å². The van der Waals surface area contributed by atoms with E-state index in [1.54, 1.807) is 6.33 Å². The van der Waals surface area contributed by atoms with Crippen molar-refractivity contribution in [3.8, 4) is 0 Å². The van der Waals surface area contributed by atoms with Crippen LogP contribution in [0.15, 0.2) is 30.7 Å². The average molecular weight is 183 g/mol. The molecule has 0 aliphatic rings. The van der Waals surface area contributed by atoms with E-state index in [1.165, 1.54) is 5.56 Å². The van der Waals surface area contributed by atoms with Gasteiger partial charge in [0.1, 0.15) is 0 Å². The van der Waals surface area contributed by atoms with E-state index in [4.69, 9.17) is 0 Å². The molecule has 2 heterocycles. The fourth-order valence-electron chi connectivity index (χ4n) is 1.77. The fourth-order valence-corrected chi connectivity index (χ4v) is 1.77. The van der Waals surface area contributed by atoms with Gasteiger partial charge in [0.25, 0.3) is 0 Å². The highest BCUT2D eigenvalue weighted by atomic mass is 14.9. The third-order valence-electron chi connectivity index (χ3n) is 2.48. The summed E-state index contributed by atoms with van der Waals surface area (Å²) in [5, 5.41) is 1.11. The monoisotopic (exact) mass is 183 g/mol. The van der Waals surface area contributed by atoms with Gasteiger partial charge in [-0.25, -0.2) is 4.98 Å². The quantitative estimate of drug-likeness (QED) is 0.581. The van der Waals surface area contributed by atoms with Crippen molar-refractivity contribution in [2.75, 3.05) is 0 Å². The normalized spacial score (nSPS) is 11.2. The number of fused-ring (bicyclic) bond motifs is 3. The van der Waals surface area contributed by atoms with E-state index in [2.05, 4.69) is 34.0 Å². The Bertz CT molecular complexity index is 610. The Morgan fingerprint density at radius 1 is 1.14 bits per heavy atom. The molecule has 0 aliphatic heterocycles. The highest BCUT2D eigenvalue weighted by molar-refractivity contribution is 6.02. The molecule has 1 N–H and O–H groups in total. The highest BCUT2D eigenvalue weighted by Crippen LogP contribution is 2.22. The standard InChI is InChI=1S/C11H9N3/c1-7-3-2-4-8-10(7)12-5-9-11(8)14-6-13-9/h2-6H,1H3,(H,13,14). The van der Waals surface area contributed by atoms with Gasteiger partial charge in [0, 0.05) is 5.39 Å². The van der Waals surface area contributed by atoms with Gasteiger partial charge in [-0.2, -0.15) is 0 Å². The Balaban J connectivity index is 2.64. The first-order valence-corrected chi connectivity index (χ1v) is 4.53. The van der Waals surface area contributed by atoms with Crippen LogP contribution in [-0.2, 0) is 0 Å². The van der Waals surface area contributed by atoms with E-state index in [0.717, 1.165) is 21.9 Å². The second-order valence-electron chi connectivity index (χ2n) is 3.39. The van der Waals surface area contributed by atoms with Gasteiger partial charge in [0.05, 0.1) is 29.1 Å². The molecule has 3 heteroatoms. The van der Waals surface area contributed by atoms with Crippen LogP contribution in [0.3, 0.4) is 0 Å². The first-order valence-electron chi connectivity index (χ1n) is 4.53. The van der Waals surface area contributed by atoms with E-state index in [9.17, 15) is 0 Å². The Morgan fingerprint density at radius 2 is 2.07 bits per heavy atom. The zero-order valence-corrected chi connectivity index (χ0v) is 7.78. The molecule has 0 spiro atoms. The van der Waals surface area contributed by atoms with E-state index in [0.29, 0.717) is 0 Å². The molecule has 0 fully saturated rings. The van der Waals surface area contributed by atoms with Crippen molar-refractivity contribution in [2.24, 2.45) is 0 Å². The predicted molar refractivity (Wildman–Crippen MR) is 56.1 cm³/mol.